The number of nitrogens with zero attached hydrogens (tertiary/aromatic N) is 4. The molecule has 0 saturated heterocycles. The maximum atomic E-state index is 4.43. The van der Waals surface area contributed by atoms with E-state index in [0.717, 1.165) is 53.1 Å². The van der Waals surface area contributed by atoms with Gasteiger partial charge in [0.05, 0.1) is 16.9 Å². The largest absolute Gasteiger partial charge is 0.335 e. The number of rotatable bonds is 20. The molecule has 4 aromatic rings. The molecule has 1 unspecified atom stereocenters. The fourth-order valence-corrected chi connectivity index (χ4v) is 8.37. The summed E-state index contributed by atoms with van der Waals surface area (Å²) in [7, 11) is 0. The zero-order chi connectivity index (χ0) is 47.4. The minimum absolute atomic E-state index is 0.325. The van der Waals surface area contributed by atoms with Crippen LogP contribution in [0.25, 0.3) is 27.8 Å². The van der Waals surface area contributed by atoms with Gasteiger partial charge >= 0.3 is 0 Å². The van der Waals surface area contributed by atoms with E-state index < -0.39 is 0 Å². The summed E-state index contributed by atoms with van der Waals surface area (Å²) in [4.78, 5) is 13.6. The first-order chi connectivity index (χ1) is 32.7. The van der Waals surface area contributed by atoms with Crippen LogP contribution in [0.15, 0.2) is 272 Å². The smallest absolute Gasteiger partial charge is 0.0692 e. The average Bonchev–Trinajstić information content (AvgIpc) is 3.36. The van der Waals surface area contributed by atoms with Gasteiger partial charge in [-0.1, -0.05) is 166 Å². The van der Waals surface area contributed by atoms with Gasteiger partial charge in [-0.05, 0) is 146 Å². The summed E-state index contributed by atoms with van der Waals surface area (Å²) in [6.07, 6.45) is 44.1. The summed E-state index contributed by atoms with van der Waals surface area (Å²) < 4.78 is 0. The van der Waals surface area contributed by atoms with E-state index in [0.29, 0.717) is 6.42 Å². The molecular formula is C63H64N4. The Bertz CT molecular complexity index is 2770. The van der Waals surface area contributed by atoms with Gasteiger partial charge in [0.2, 0.25) is 0 Å². The van der Waals surface area contributed by atoms with E-state index in [-0.39, 0.29) is 5.54 Å². The van der Waals surface area contributed by atoms with E-state index in [4.69, 9.17) is 0 Å². The van der Waals surface area contributed by atoms with E-state index in [1.54, 1.807) is 18.4 Å². The second-order valence-corrected chi connectivity index (χ2v) is 16.5. The van der Waals surface area contributed by atoms with Crippen molar-refractivity contribution < 1.29 is 0 Å². The van der Waals surface area contributed by atoms with Gasteiger partial charge < -0.3 is 9.80 Å². The van der Waals surface area contributed by atoms with Crippen LogP contribution in [-0.4, -0.2) is 17.5 Å². The first-order valence-electron chi connectivity index (χ1n) is 23.1. The molecular weight excluding hydrogens is 813 g/mol. The Labute approximate surface area is 400 Å². The molecule has 1 atom stereocenters. The van der Waals surface area contributed by atoms with Crippen molar-refractivity contribution in [2.75, 3.05) is 9.80 Å². The lowest BCUT2D eigenvalue weighted by Gasteiger charge is -2.45. The molecule has 336 valence electrons. The molecule has 67 heavy (non-hydrogen) atoms. The Morgan fingerprint density at radius 1 is 0.821 bits per heavy atom. The zero-order valence-corrected chi connectivity index (χ0v) is 39.7. The molecule has 0 aromatic heterocycles. The van der Waals surface area contributed by atoms with Crippen LogP contribution in [0.4, 0.5) is 11.4 Å². The molecule has 0 heterocycles. The Balaban J connectivity index is 1.35. The molecule has 0 amide bonds. The van der Waals surface area contributed by atoms with Crippen molar-refractivity contribution >= 4 is 28.9 Å². The first kappa shape index (κ1) is 48.6. The number of aryl methyl sites for hydroxylation is 1. The lowest BCUT2D eigenvalue weighted by molar-refractivity contribution is 0.541. The van der Waals surface area contributed by atoms with E-state index >= 15 is 0 Å². The van der Waals surface area contributed by atoms with Crippen molar-refractivity contribution in [2.24, 2.45) is 9.98 Å². The minimum Gasteiger partial charge on any atom is -0.335 e. The normalized spacial score (nSPS) is 16.9. The minimum atomic E-state index is -0.325. The van der Waals surface area contributed by atoms with Crippen molar-refractivity contribution in [3.8, 4) is 22.3 Å². The van der Waals surface area contributed by atoms with Gasteiger partial charge in [0.1, 0.15) is 0 Å². The van der Waals surface area contributed by atoms with Crippen molar-refractivity contribution in [3.63, 3.8) is 0 Å². The molecule has 0 bridgehead atoms. The van der Waals surface area contributed by atoms with Crippen molar-refractivity contribution in [3.05, 3.63) is 273 Å². The van der Waals surface area contributed by atoms with E-state index in [1.807, 2.05) is 50.4 Å². The van der Waals surface area contributed by atoms with Crippen LogP contribution in [0.5, 0.6) is 0 Å². The predicted molar refractivity (Wildman–Crippen MR) is 294 cm³/mol. The number of allylic oxidation sites excluding steroid dienone is 18. The van der Waals surface area contributed by atoms with Crippen LogP contribution >= 0.6 is 0 Å². The second kappa shape index (κ2) is 24.5. The summed E-state index contributed by atoms with van der Waals surface area (Å²) in [6.45, 7) is 24.4. The number of benzene rings is 4. The molecule has 0 saturated carbocycles. The van der Waals surface area contributed by atoms with Crippen LogP contribution in [0.2, 0.25) is 0 Å². The van der Waals surface area contributed by atoms with Crippen molar-refractivity contribution in [2.45, 2.75) is 58.9 Å². The van der Waals surface area contributed by atoms with Gasteiger partial charge in [-0.15, -0.1) is 0 Å². The third-order valence-electron chi connectivity index (χ3n) is 11.8. The standard InChI is InChI=1S/C63H64N4/c1-9-14-44-64-45-40-51(24-10-2)41-46-66(57(12-4)35-32-49(6)61(25-11-3)65-13-5)58-36-33-53(34-37-58)54-38-42-63(8,43-39-54)67(59-30-22-17-23-31-59)62-50(7)47-56(52-26-18-15-19-27-52)48-60(62)55-28-20-16-21-29-55/h9-22,24-30,32-39,41-42,44-48H,1-2,5-6,23,31,40,43H2,3-4,7-8H3/b25-11-,35-32-,44-14-,46-41-,51-24-,57-12+,64-45?,65-61?. The van der Waals surface area contributed by atoms with Crippen LogP contribution in [0.3, 0.4) is 0 Å². The first-order valence-corrected chi connectivity index (χ1v) is 23.1. The fourth-order valence-electron chi connectivity index (χ4n) is 8.37. The predicted octanol–water partition coefficient (Wildman–Crippen LogP) is 16.9. The molecule has 0 fully saturated rings. The molecule has 6 rings (SSSR count). The second-order valence-electron chi connectivity index (χ2n) is 16.5. The number of anilines is 2. The molecule has 2 aliphatic rings. The highest BCUT2D eigenvalue weighted by molar-refractivity contribution is 6.10. The quantitative estimate of drug-likeness (QED) is 0.0654. The van der Waals surface area contributed by atoms with E-state index in [9.17, 15) is 0 Å². The Hall–Kier alpha value is -7.82. The Morgan fingerprint density at radius 3 is 2.19 bits per heavy atom. The Morgan fingerprint density at radius 2 is 1.57 bits per heavy atom. The summed E-state index contributed by atoms with van der Waals surface area (Å²) in [5.74, 6) is 0. The fraction of sp³-hybridized carbons (Fsp3) is 0.143. The van der Waals surface area contributed by atoms with E-state index in [1.165, 1.54) is 51.0 Å². The van der Waals surface area contributed by atoms with E-state index in [2.05, 4.69) is 218 Å². The van der Waals surface area contributed by atoms with Gasteiger partial charge in [0.15, 0.2) is 0 Å². The molecule has 0 aliphatic heterocycles. The van der Waals surface area contributed by atoms with Gasteiger partial charge in [-0.3, -0.25) is 9.98 Å². The molecule has 4 aromatic carbocycles. The Kier molecular flexibility index (Phi) is 17.8. The molecule has 0 N–H and O–H groups in total. The lowest BCUT2D eigenvalue weighted by atomic mass is 9.83. The summed E-state index contributed by atoms with van der Waals surface area (Å²) in [6, 6.07) is 35.1. The molecule has 4 nitrogen and oxygen atoms in total. The lowest BCUT2D eigenvalue weighted by Crippen LogP contribution is -2.45. The van der Waals surface area contributed by atoms with Crippen LogP contribution < -0.4 is 9.80 Å². The van der Waals surface area contributed by atoms with Crippen LogP contribution in [-0.2, 0) is 0 Å². The topological polar surface area (TPSA) is 31.2 Å². The zero-order valence-electron chi connectivity index (χ0n) is 39.7. The highest BCUT2D eigenvalue weighted by atomic mass is 15.2. The molecule has 4 heteroatoms. The molecule has 0 radical (unpaired) electrons. The number of hydrogen-bond acceptors (Lipinski definition) is 4. The van der Waals surface area contributed by atoms with Gasteiger partial charge in [0.25, 0.3) is 0 Å². The van der Waals surface area contributed by atoms with Crippen LogP contribution in [0, 0.1) is 6.92 Å². The van der Waals surface area contributed by atoms with Crippen molar-refractivity contribution in [1.82, 2.24) is 0 Å². The SMILES string of the molecule is C=C/C=C\N=CCC(/C=C\N(C(/C=C\C(=C)C(/C=C\C)=NC=C)=C/C)c1ccc(C2=CCC(C)(N(C3=CC=CCC3)c3c(C)cc(-c4ccccc4)cc3-c3ccccc3)C=C2)cc1)=C/C=C. The molecule has 0 spiro atoms. The summed E-state index contributed by atoms with van der Waals surface area (Å²) in [5, 5.41) is 0. The number of hydrogen-bond donors (Lipinski definition) is 0. The third kappa shape index (κ3) is 12.7. The van der Waals surface area contributed by atoms with Gasteiger partial charge in [-0.2, -0.15) is 0 Å². The summed E-state index contributed by atoms with van der Waals surface area (Å²) >= 11 is 0. The van der Waals surface area contributed by atoms with Gasteiger partial charge in [0, 0.05) is 53.9 Å². The summed E-state index contributed by atoms with van der Waals surface area (Å²) in [5.41, 5.74) is 15.3. The van der Waals surface area contributed by atoms with Crippen molar-refractivity contribution in [1.29, 1.82) is 0 Å². The third-order valence-corrected chi connectivity index (χ3v) is 11.8. The van der Waals surface area contributed by atoms with Gasteiger partial charge in [-0.25, -0.2) is 0 Å². The average molecular weight is 877 g/mol. The van der Waals surface area contributed by atoms with Crippen LogP contribution in [0.1, 0.15) is 57.6 Å². The highest BCUT2D eigenvalue weighted by Crippen LogP contribution is 2.46. The number of aliphatic imine (C=N–C) groups is 2. The monoisotopic (exact) mass is 877 g/mol. The molecule has 2 aliphatic carbocycles. The maximum Gasteiger partial charge on any atom is 0.0692 e. The maximum absolute atomic E-state index is 4.43. The highest BCUT2D eigenvalue weighted by Gasteiger charge is 2.35.